The highest BCUT2D eigenvalue weighted by Crippen LogP contribution is 2.25. The fourth-order valence-electron chi connectivity index (χ4n) is 1.92. The number of benzene rings is 1. The third-order valence-electron chi connectivity index (χ3n) is 2.89. The molecule has 0 saturated heterocycles. The van der Waals surface area contributed by atoms with Crippen LogP contribution in [-0.4, -0.2) is 26.1 Å². The van der Waals surface area contributed by atoms with Crippen molar-refractivity contribution < 1.29 is 14.3 Å². The predicted octanol–water partition coefficient (Wildman–Crippen LogP) is 2.10. The highest BCUT2D eigenvalue weighted by atomic mass is 16.4. The standard InChI is InChI=1S/C14H8N4O3/c15-8-11-13(12-2-1-7-21-12)18(17-16-11)10-5-3-9(4-6-10)14(19)20/h1-7H,(H,19,20). The monoisotopic (exact) mass is 280 g/mol. The molecular formula is C14H8N4O3. The summed E-state index contributed by atoms with van der Waals surface area (Å²) >= 11 is 0. The zero-order valence-corrected chi connectivity index (χ0v) is 10.6. The maximum absolute atomic E-state index is 10.9. The fraction of sp³-hybridized carbons (Fsp3) is 0. The summed E-state index contributed by atoms with van der Waals surface area (Å²) in [6.07, 6.45) is 1.49. The highest BCUT2D eigenvalue weighted by Gasteiger charge is 2.18. The van der Waals surface area contributed by atoms with Gasteiger partial charge in [0, 0.05) is 0 Å². The summed E-state index contributed by atoms with van der Waals surface area (Å²) in [5, 5.41) is 25.7. The Bertz CT molecular complexity index is 826. The molecule has 102 valence electrons. The molecule has 0 radical (unpaired) electrons. The number of rotatable bonds is 3. The third-order valence-corrected chi connectivity index (χ3v) is 2.89. The second kappa shape index (κ2) is 4.94. The van der Waals surface area contributed by atoms with Crippen molar-refractivity contribution >= 4 is 5.97 Å². The van der Waals surface area contributed by atoms with E-state index in [-0.39, 0.29) is 11.3 Å². The van der Waals surface area contributed by atoms with E-state index in [4.69, 9.17) is 14.8 Å². The van der Waals surface area contributed by atoms with Gasteiger partial charge in [-0.05, 0) is 36.4 Å². The van der Waals surface area contributed by atoms with Crippen LogP contribution < -0.4 is 0 Å². The van der Waals surface area contributed by atoms with Crippen LogP contribution in [0.4, 0.5) is 0 Å². The van der Waals surface area contributed by atoms with E-state index in [2.05, 4.69) is 10.3 Å². The van der Waals surface area contributed by atoms with Gasteiger partial charge in [0.25, 0.3) is 0 Å². The quantitative estimate of drug-likeness (QED) is 0.787. The van der Waals surface area contributed by atoms with Gasteiger partial charge in [0.15, 0.2) is 11.5 Å². The number of furan rings is 1. The van der Waals surface area contributed by atoms with Gasteiger partial charge in [-0.3, -0.25) is 0 Å². The number of aromatic carboxylic acids is 1. The maximum Gasteiger partial charge on any atom is 0.335 e. The minimum atomic E-state index is -1.01. The Hall–Kier alpha value is -3.40. The molecule has 0 unspecified atom stereocenters. The van der Waals surface area contributed by atoms with Crippen molar-refractivity contribution in [3.05, 3.63) is 53.9 Å². The van der Waals surface area contributed by atoms with Crippen LogP contribution in [0.25, 0.3) is 17.1 Å². The number of carboxylic acids is 1. The molecule has 0 spiro atoms. The van der Waals surface area contributed by atoms with E-state index in [1.54, 1.807) is 24.3 Å². The van der Waals surface area contributed by atoms with Crippen molar-refractivity contribution in [1.29, 1.82) is 5.26 Å². The lowest BCUT2D eigenvalue weighted by Gasteiger charge is -2.04. The summed E-state index contributed by atoms with van der Waals surface area (Å²) in [6, 6.07) is 11.4. The van der Waals surface area contributed by atoms with Crippen LogP contribution in [0.15, 0.2) is 47.1 Å². The van der Waals surface area contributed by atoms with Crippen LogP contribution in [0.2, 0.25) is 0 Å². The van der Waals surface area contributed by atoms with Gasteiger partial charge in [0.2, 0.25) is 0 Å². The maximum atomic E-state index is 10.9. The lowest BCUT2D eigenvalue weighted by molar-refractivity contribution is 0.0697. The topological polar surface area (TPSA) is 105 Å². The molecule has 7 heteroatoms. The molecule has 1 N–H and O–H groups in total. The van der Waals surface area contributed by atoms with E-state index in [0.717, 1.165) is 0 Å². The molecule has 3 rings (SSSR count). The molecule has 7 nitrogen and oxygen atoms in total. The minimum Gasteiger partial charge on any atom is -0.478 e. The molecule has 0 fully saturated rings. The van der Waals surface area contributed by atoms with Crippen LogP contribution in [-0.2, 0) is 0 Å². The first-order valence-electron chi connectivity index (χ1n) is 5.94. The molecule has 0 saturated carbocycles. The molecule has 3 aromatic rings. The van der Waals surface area contributed by atoms with Crippen molar-refractivity contribution in [3.8, 4) is 23.2 Å². The fourth-order valence-corrected chi connectivity index (χ4v) is 1.92. The smallest absolute Gasteiger partial charge is 0.335 e. The SMILES string of the molecule is N#Cc1nnn(-c2ccc(C(=O)O)cc2)c1-c1ccco1. The number of nitriles is 1. The Morgan fingerprint density at radius 1 is 1.29 bits per heavy atom. The molecule has 0 amide bonds. The molecule has 21 heavy (non-hydrogen) atoms. The average Bonchev–Trinajstić information content (AvgIpc) is 3.15. The van der Waals surface area contributed by atoms with Gasteiger partial charge in [0.1, 0.15) is 11.8 Å². The van der Waals surface area contributed by atoms with E-state index in [1.165, 1.54) is 23.1 Å². The Balaban J connectivity index is 2.13. The van der Waals surface area contributed by atoms with Gasteiger partial charge in [-0.2, -0.15) is 5.26 Å². The molecule has 0 aliphatic heterocycles. The second-order valence-corrected chi connectivity index (χ2v) is 4.14. The van der Waals surface area contributed by atoms with Gasteiger partial charge in [-0.1, -0.05) is 5.21 Å². The molecule has 1 aromatic carbocycles. The summed E-state index contributed by atoms with van der Waals surface area (Å²) in [6.45, 7) is 0. The summed E-state index contributed by atoms with van der Waals surface area (Å²) in [7, 11) is 0. The summed E-state index contributed by atoms with van der Waals surface area (Å²) in [5.41, 5.74) is 1.30. The molecule has 0 aliphatic rings. The van der Waals surface area contributed by atoms with E-state index >= 15 is 0 Å². The lowest BCUT2D eigenvalue weighted by Crippen LogP contribution is -2.01. The first-order valence-corrected chi connectivity index (χ1v) is 5.94. The summed E-state index contributed by atoms with van der Waals surface area (Å²) in [5.74, 6) is -0.553. The first kappa shape index (κ1) is 12.6. The average molecular weight is 280 g/mol. The van der Waals surface area contributed by atoms with E-state index in [1.807, 2.05) is 6.07 Å². The van der Waals surface area contributed by atoms with Crippen LogP contribution in [0.3, 0.4) is 0 Å². The lowest BCUT2D eigenvalue weighted by atomic mass is 10.2. The number of carboxylic acid groups (broad SMARTS) is 1. The van der Waals surface area contributed by atoms with Crippen molar-refractivity contribution in [1.82, 2.24) is 15.0 Å². The highest BCUT2D eigenvalue weighted by molar-refractivity contribution is 5.87. The first-order chi connectivity index (χ1) is 10.2. The largest absolute Gasteiger partial charge is 0.478 e. The Morgan fingerprint density at radius 3 is 2.62 bits per heavy atom. The number of hydrogen-bond donors (Lipinski definition) is 1. The Morgan fingerprint density at radius 2 is 2.05 bits per heavy atom. The Labute approximate surface area is 118 Å². The number of hydrogen-bond acceptors (Lipinski definition) is 5. The zero-order valence-electron chi connectivity index (χ0n) is 10.6. The van der Waals surface area contributed by atoms with Crippen LogP contribution in [0.1, 0.15) is 16.1 Å². The molecule has 2 aromatic heterocycles. The molecule has 0 atom stereocenters. The van der Waals surface area contributed by atoms with Crippen molar-refractivity contribution in [2.24, 2.45) is 0 Å². The van der Waals surface area contributed by atoms with Crippen LogP contribution in [0.5, 0.6) is 0 Å². The van der Waals surface area contributed by atoms with E-state index in [9.17, 15) is 4.79 Å². The van der Waals surface area contributed by atoms with Gasteiger partial charge in [-0.15, -0.1) is 5.10 Å². The number of carbonyl (C=O) groups is 1. The predicted molar refractivity (Wildman–Crippen MR) is 70.7 cm³/mol. The van der Waals surface area contributed by atoms with Crippen molar-refractivity contribution in [2.75, 3.05) is 0 Å². The molecular weight excluding hydrogens is 272 g/mol. The van der Waals surface area contributed by atoms with Gasteiger partial charge >= 0.3 is 5.97 Å². The Kier molecular flexibility index (Phi) is 2.97. The summed E-state index contributed by atoms with van der Waals surface area (Å²) in [4.78, 5) is 10.9. The summed E-state index contributed by atoms with van der Waals surface area (Å²) < 4.78 is 6.73. The minimum absolute atomic E-state index is 0.132. The normalized spacial score (nSPS) is 10.2. The number of nitrogens with zero attached hydrogens (tertiary/aromatic N) is 4. The molecule has 0 bridgehead atoms. The van der Waals surface area contributed by atoms with Crippen LogP contribution in [0, 0.1) is 11.3 Å². The van der Waals surface area contributed by atoms with Gasteiger partial charge in [0.05, 0.1) is 17.5 Å². The van der Waals surface area contributed by atoms with Crippen LogP contribution >= 0.6 is 0 Å². The van der Waals surface area contributed by atoms with Crippen molar-refractivity contribution in [2.45, 2.75) is 0 Å². The third kappa shape index (κ3) is 2.15. The molecule has 0 aliphatic carbocycles. The number of aromatic nitrogens is 3. The van der Waals surface area contributed by atoms with Gasteiger partial charge < -0.3 is 9.52 Å². The zero-order chi connectivity index (χ0) is 14.8. The second-order valence-electron chi connectivity index (χ2n) is 4.14. The molecule has 2 heterocycles. The van der Waals surface area contributed by atoms with E-state index in [0.29, 0.717) is 17.1 Å². The van der Waals surface area contributed by atoms with Crippen molar-refractivity contribution in [3.63, 3.8) is 0 Å². The van der Waals surface area contributed by atoms with E-state index < -0.39 is 5.97 Å². The van der Waals surface area contributed by atoms with Gasteiger partial charge in [-0.25, -0.2) is 9.48 Å².